The van der Waals surface area contributed by atoms with Crippen molar-refractivity contribution in [3.8, 4) is 11.5 Å². The normalized spacial score (nSPS) is 17.0. The molecule has 2 amide bonds. The number of carbonyl (C=O) groups excluding carboxylic acids is 2. The molecule has 1 atom stereocenters. The Morgan fingerprint density at radius 3 is 2.77 bits per heavy atom. The highest BCUT2D eigenvalue weighted by Gasteiger charge is 2.29. The number of anilines is 1. The van der Waals surface area contributed by atoms with Crippen molar-refractivity contribution in [2.75, 3.05) is 18.7 Å². The zero-order chi connectivity index (χ0) is 15.5. The first-order chi connectivity index (χ1) is 10.6. The molecule has 2 aliphatic rings. The molecule has 118 valence electrons. The van der Waals surface area contributed by atoms with Gasteiger partial charge in [0.15, 0.2) is 11.5 Å². The van der Waals surface area contributed by atoms with Gasteiger partial charge in [-0.25, -0.2) is 0 Å². The van der Waals surface area contributed by atoms with Crippen molar-refractivity contribution in [2.24, 2.45) is 5.92 Å². The number of aliphatic hydroxyl groups excluding tert-OH is 1. The van der Waals surface area contributed by atoms with E-state index in [1.54, 1.807) is 18.2 Å². The Kier molecular flexibility index (Phi) is 4.15. The molecule has 0 saturated heterocycles. The minimum absolute atomic E-state index is 0.149. The molecule has 0 unspecified atom stereocenters. The first kappa shape index (κ1) is 14.6. The molecule has 3 N–H and O–H groups in total. The molecule has 3 rings (SSSR count). The van der Waals surface area contributed by atoms with E-state index >= 15 is 0 Å². The van der Waals surface area contributed by atoms with Gasteiger partial charge in [-0.15, -0.1) is 0 Å². The van der Waals surface area contributed by atoms with Crippen LogP contribution in [0.2, 0.25) is 0 Å². The molecule has 1 heterocycles. The highest BCUT2D eigenvalue weighted by Crippen LogP contribution is 2.34. The third-order valence-corrected chi connectivity index (χ3v) is 3.73. The summed E-state index contributed by atoms with van der Waals surface area (Å²) >= 11 is 0. The summed E-state index contributed by atoms with van der Waals surface area (Å²) in [5.74, 6) is 0.0297. The quantitative estimate of drug-likeness (QED) is 0.693. The van der Waals surface area contributed by atoms with Crippen LogP contribution in [0, 0.1) is 5.92 Å². The highest BCUT2D eigenvalue weighted by atomic mass is 16.7. The zero-order valence-corrected chi connectivity index (χ0v) is 12.0. The number of ether oxygens (including phenoxy) is 2. The van der Waals surface area contributed by atoms with Gasteiger partial charge in [0.2, 0.25) is 6.79 Å². The molecule has 22 heavy (non-hydrogen) atoms. The number of aliphatic hydroxyl groups is 1. The molecule has 0 bridgehead atoms. The molecular weight excluding hydrogens is 288 g/mol. The summed E-state index contributed by atoms with van der Waals surface area (Å²) in [6, 6.07) is 4.90. The average Bonchev–Trinajstić information content (AvgIpc) is 3.25. The Labute approximate surface area is 127 Å². The fourth-order valence-corrected chi connectivity index (χ4v) is 2.29. The molecule has 7 heteroatoms. The van der Waals surface area contributed by atoms with Crippen molar-refractivity contribution in [3.63, 3.8) is 0 Å². The van der Waals surface area contributed by atoms with Gasteiger partial charge in [-0.1, -0.05) is 0 Å². The van der Waals surface area contributed by atoms with Crippen LogP contribution in [-0.4, -0.2) is 36.4 Å². The average molecular weight is 306 g/mol. The molecule has 0 aromatic heterocycles. The SMILES string of the molecule is O=C(NCC[C@H](O)C1CC1)C(=O)Nc1ccc2c(c1)OCO2. The smallest absolute Gasteiger partial charge is 0.313 e. The van der Waals surface area contributed by atoms with Crippen molar-refractivity contribution in [2.45, 2.75) is 25.4 Å². The molecule has 1 saturated carbocycles. The number of benzene rings is 1. The van der Waals surface area contributed by atoms with Gasteiger partial charge in [-0.3, -0.25) is 9.59 Å². The predicted octanol–water partition coefficient (Wildman–Crippen LogP) is 0.631. The monoisotopic (exact) mass is 306 g/mol. The molecule has 1 aromatic carbocycles. The van der Waals surface area contributed by atoms with Crippen LogP contribution in [0.25, 0.3) is 0 Å². The third kappa shape index (κ3) is 3.48. The first-order valence-corrected chi connectivity index (χ1v) is 7.30. The standard InChI is InChI=1S/C15H18N2O5/c18-11(9-1-2-9)5-6-16-14(19)15(20)17-10-3-4-12-13(7-10)22-8-21-12/h3-4,7,9,11,18H,1-2,5-6,8H2,(H,16,19)(H,17,20)/t11-/m0/s1. The largest absolute Gasteiger partial charge is 0.454 e. The number of hydrogen-bond acceptors (Lipinski definition) is 5. The van der Waals surface area contributed by atoms with Crippen molar-refractivity contribution < 1.29 is 24.2 Å². The minimum Gasteiger partial charge on any atom is -0.454 e. The van der Waals surface area contributed by atoms with Crippen molar-refractivity contribution in [1.82, 2.24) is 5.32 Å². The van der Waals surface area contributed by atoms with Crippen LogP contribution in [0.15, 0.2) is 18.2 Å². The first-order valence-electron chi connectivity index (χ1n) is 7.30. The van der Waals surface area contributed by atoms with Crippen molar-refractivity contribution in [3.05, 3.63) is 18.2 Å². The maximum Gasteiger partial charge on any atom is 0.313 e. The fraction of sp³-hybridized carbons (Fsp3) is 0.467. The van der Waals surface area contributed by atoms with E-state index in [0.29, 0.717) is 29.5 Å². The maximum atomic E-state index is 11.8. The van der Waals surface area contributed by atoms with Crippen LogP contribution in [-0.2, 0) is 9.59 Å². The molecule has 0 radical (unpaired) electrons. The Bertz CT molecular complexity index is 585. The summed E-state index contributed by atoms with van der Waals surface area (Å²) in [6.45, 7) is 0.432. The number of rotatable bonds is 5. The van der Waals surface area contributed by atoms with E-state index in [1.807, 2.05) is 0 Å². The number of carbonyl (C=O) groups is 2. The van der Waals surface area contributed by atoms with Crippen LogP contribution in [0.4, 0.5) is 5.69 Å². The lowest BCUT2D eigenvalue weighted by atomic mass is 10.2. The predicted molar refractivity (Wildman–Crippen MR) is 77.6 cm³/mol. The number of nitrogens with one attached hydrogen (secondary N) is 2. The van der Waals surface area contributed by atoms with Crippen LogP contribution in [0.5, 0.6) is 11.5 Å². The molecular formula is C15H18N2O5. The summed E-state index contributed by atoms with van der Waals surface area (Å²) in [7, 11) is 0. The Balaban J connectivity index is 1.45. The lowest BCUT2D eigenvalue weighted by molar-refractivity contribution is -0.136. The molecule has 1 aliphatic carbocycles. The van der Waals surface area contributed by atoms with Crippen LogP contribution in [0.3, 0.4) is 0 Å². The second-order valence-electron chi connectivity index (χ2n) is 5.47. The number of amides is 2. The van der Waals surface area contributed by atoms with E-state index < -0.39 is 17.9 Å². The maximum absolute atomic E-state index is 11.8. The number of hydrogen-bond donors (Lipinski definition) is 3. The van der Waals surface area contributed by atoms with Crippen molar-refractivity contribution >= 4 is 17.5 Å². The third-order valence-electron chi connectivity index (χ3n) is 3.73. The van der Waals surface area contributed by atoms with Gasteiger partial charge in [0.1, 0.15) is 0 Å². The second-order valence-corrected chi connectivity index (χ2v) is 5.47. The zero-order valence-electron chi connectivity index (χ0n) is 12.0. The van der Waals surface area contributed by atoms with E-state index in [2.05, 4.69) is 10.6 Å². The van der Waals surface area contributed by atoms with Gasteiger partial charge in [-0.2, -0.15) is 0 Å². The summed E-state index contributed by atoms with van der Waals surface area (Å²) in [4.78, 5) is 23.5. The lowest BCUT2D eigenvalue weighted by Gasteiger charge is -2.10. The van der Waals surface area contributed by atoms with Gasteiger partial charge in [-0.05, 0) is 37.3 Å². The van der Waals surface area contributed by atoms with Gasteiger partial charge >= 0.3 is 11.8 Å². The second kappa shape index (κ2) is 6.23. The summed E-state index contributed by atoms with van der Waals surface area (Å²) in [6.07, 6.45) is 2.16. The topological polar surface area (TPSA) is 96.9 Å². The Hall–Kier alpha value is -2.28. The molecule has 7 nitrogen and oxygen atoms in total. The van der Waals surface area contributed by atoms with Crippen LogP contribution >= 0.6 is 0 Å². The lowest BCUT2D eigenvalue weighted by Crippen LogP contribution is -2.37. The van der Waals surface area contributed by atoms with Gasteiger partial charge in [0.25, 0.3) is 0 Å². The minimum atomic E-state index is -0.750. The van der Waals surface area contributed by atoms with Crippen LogP contribution in [0.1, 0.15) is 19.3 Å². The molecule has 1 fully saturated rings. The van der Waals surface area contributed by atoms with Crippen molar-refractivity contribution in [1.29, 1.82) is 0 Å². The van der Waals surface area contributed by atoms with E-state index in [0.717, 1.165) is 12.8 Å². The Morgan fingerprint density at radius 2 is 2.00 bits per heavy atom. The van der Waals surface area contributed by atoms with Gasteiger partial charge < -0.3 is 25.2 Å². The fourth-order valence-electron chi connectivity index (χ4n) is 2.29. The number of fused-ring (bicyclic) bond motifs is 1. The molecule has 1 aliphatic heterocycles. The Morgan fingerprint density at radius 1 is 1.23 bits per heavy atom. The summed E-state index contributed by atoms with van der Waals surface area (Å²) in [5.41, 5.74) is 0.461. The summed E-state index contributed by atoms with van der Waals surface area (Å²) in [5, 5.41) is 14.7. The summed E-state index contributed by atoms with van der Waals surface area (Å²) < 4.78 is 10.4. The highest BCUT2D eigenvalue weighted by molar-refractivity contribution is 6.39. The van der Waals surface area contributed by atoms with E-state index in [-0.39, 0.29) is 13.3 Å². The van der Waals surface area contributed by atoms with E-state index in [4.69, 9.17) is 9.47 Å². The van der Waals surface area contributed by atoms with E-state index in [1.165, 1.54) is 0 Å². The van der Waals surface area contributed by atoms with E-state index in [9.17, 15) is 14.7 Å². The van der Waals surface area contributed by atoms with Crippen LogP contribution < -0.4 is 20.1 Å². The molecule has 0 spiro atoms. The molecule has 1 aromatic rings. The van der Waals surface area contributed by atoms with Gasteiger partial charge in [0.05, 0.1) is 6.10 Å². The van der Waals surface area contributed by atoms with Gasteiger partial charge in [0, 0.05) is 18.3 Å².